The molecule has 1 saturated heterocycles. The fourth-order valence-corrected chi connectivity index (χ4v) is 5.01. The van der Waals surface area contributed by atoms with Gasteiger partial charge in [-0.2, -0.15) is 0 Å². The zero-order chi connectivity index (χ0) is 18.6. The Morgan fingerprint density at radius 1 is 1.23 bits per heavy atom. The van der Waals surface area contributed by atoms with Crippen LogP contribution in [0.2, 0.25) is 5.02 Å². The molecule has 5 nitrogen and oxygen atoms in total. The molecule has 2 aliphatic carbocycles. The monoisotopic (exact) mass is 436 g/mol. The topological polar surface area (TPSA) is 66.5 Å². The highest BCUT2D eigenvalue weighted by molar-refractivity contribution is 9.10. The molecule has 4 atom stereocenters. The Bertz CT molecular complexity index is 823. The van der Waals surface area contributed by atoms with Gasteiger partial charge in [0.15, 0.2) is 0 Å². The molecule has 7 heteroatoms. The number of nitrogens with one attached hydrogen (secondary N) is 1. The number of fused-ring (bicyclic) bond motifs is 5. The number of carbonyl (C=O) groups is 3. The van der Waals surface area contributed by atoms with E-state index < -0.39 is 0 Å². The van der Waals surface area contributed by atoms with E-state index in [4.69, 9.17) is 11.6 Å². The molecular formula is C19H18BrClN2O3. The Kier molecular flexibility index (Phi) is 4.43. The highest BCUT2D eigenvalue weighted by Crippen LogP contribution is 2.52. The molecule has 2 bridgehead atoms. The third-order valence-corrected chi connectivity index (χ3v) is 6.86. The highest BCUT2D eigenvalue weighted by Gasteiger charge is 2.58. The number of hydrogen-bond acceptors (Lipinski definition) is 3. The zero-order valence-electron chi connectivity index (χ0n) is 14.2. The molecule has 1 aromatic rings. The van der Waals surface area contributed by atoms with Gasteiger partial charge in [0.2, 0.25) is 17.7 Å². The Labute approximate surface area is 164 Å². The summed E-state index contributed by atoms with van der Waals surface area (Å²) in [6.07, 6.45) is 5.11. The van der Waals surface area contributed by atoms with Gasteiger partial charge in [-0.1, -0.05) is 23.8 Å². The van der Waals surface area contributed by atoms with Gasteiger partial charge in [0.25, 0.3) is 0 Å². The van der Waals surface area contributed by atoms with E-state index in [1.807, 2.05) is 13.0 Å². The minimum Gasteiger partial charge on any atom is -0.326 e. The van der Waals surface area contributed by atoms with Crippen LogP contribution in [0.25, 0.3) is 0 Å². The van der Waals surface area contributed by atoms with Gasteiger partial charge in [0.05, 0.1) is 16.9 Å². The fraction of sp³-hybridized carbons (Fsp3) is 0.421. The number of rotatable bonds is 4. The van der Waals surface area contributed by atoms with Crippen LogP contribution in [0.3, 0.4) is 0 Å². The quantitative estimate of drug-likeness (QED) is 0.579. The number of aryl methyl sites for hydroxylation is 1. The summed E-state index contributed by atoms with van der Waals surface area (Å²) < 4.78 is 0.762. The Hall–Kier alpha value is -1.66. The standard InChI is InChI=1S/C19H18BrClN2O3/c1-9-6-12(20)13(21)8-14(9)22-15(24)4-5-23-18(25)16-10-2-3-11(7-10)17(16)19(23)26/h2-3,6,8,10-11,16-17H,4-5,7H2,1H3,(H,22,24)/t10-,11-,16+,17+/m0/s1. The van der Waals surface area contributed by atoms with Crippen molar-refractivity contribution in [1.82, 2.24) is 4.90 Å². The summed E-state index contributed by atoms with van der Waals surface area (Å²) in [5.74, 6) is -0.535. The van der Waals surface area contributed by atoms with Gasteiger partial charge in [-0.3, -0.25) is 19.3 Å². The lowest BCUT2D eigenvalue weighted by Gasteiger charge is -2.17. The molecule has 0 unspecified atom stereocenters. The summed E-state index contributed by atoms with van der Waals surface area (Å²) >= 11 is 9.42. The van der Waals surface area contributed by atoms with Crippen LogP contribution in [0, 0.1) is 30.6 Å². The maximum absolute atomic E-state index is 12.6. The van der Waals surface area contributed by atoms with Gasteiger partial charge in [0.1, 0.15) is 0 Å². The van der Waals surface area contributed by atoms with E-state index in [1.165, 1.54) is 4.90 Å². The van der Waals surface area contributed by atoms with Crippen molar-refractivity contribution in [3.63, 3.8) is 0 Å². The summed E-state index contributed by atoms with van der Waals surface area (Å²) in [6, 6.07) is 3.51. The van der Waals surface area contributed by atoms with Crippen LogP contribution < -0.4 is 5.32 Å². The van der Waals surface area contributed by atoms with E-state index in [2.05, 4.69) is 33.4 Å². The molecule has 0 spiro atoms. The second-order valence-electron chi connectivity index (χ2n) is 7.21. The van der Waals surface area contributed by atoms with Crippen LogP contribution in [-0.2, 0) is 14.4 Å². The molecule has 26 heavy (non-hydrogen) atoms. The number of nitrogens with zero attached hydrogens (tertiary/aromatic N) is 1. The molecule has 4 rings (SSSR count). The van der Waals surface area contributed by atoms with E-state index >= 15 is 0 Å². The van der Waals surface area contributed by atoms with Crippen molar-refractivity contribution in [2.24, 2.45) is 23.7 Å². The molecule has 2 fully saturated rings. The summed E-state index contributed by atoms with van der Waals surface area (Å²) in [5.41, 5.74) is 1.50. The second kappa shape index (κ2) is 6.50. The Morgan fingerprint density at radius 3 is 2.46 bits per heavy atom. The first kappa shape index (κ1) is 17.7. The Balaban J connectivity index is 1.39. The van der Waals surface area contributed by atoms with Crippen molar-refractivity contribution in [3.8, 4) is 0 Å². The highest BCUT2D eigenvalue weighted by atomic mass is 79.9. The minimum atomic E-state index is -0.245. The van der Waals surface area contributed by atoms with Crippen molar-refractivity contribution in [3.05, 3.63) is 39.3 Å². The largest absolute Gasteiger partial charge is 0.326 e. The third kappa shape index (κ3) is 2.79. The van der Waals surface area contributed by atoms with Crippen molar-refractivity contribution < 1.29 is 14.4 Å². The van der Waals surface area contributed by atoms with Gasteiger partial charge in [-0.05, 0) is 58.8 Å². The minimum absolute atomic E-state index is 0.0762. The molecule has 1 heterocycles. The van der Waals surface area contributed by atoms with Gasteiger partial charge in [-0.15, -0.1) is 0 Å². The number of hydrogen-bond donors (Lipinski definition) is 1. The van der Waals surface area contributed by atoms with Crippen molar-refractivity contribution in [2.45, 2.75) is 19.8 Å². The number of likely N-dealkylation sites (tertiary alicyclic amines) is 1. The first-order chi connectivity index (χ1) is 12.4. The van der Waals surface area contributed by atoms with E-state index in [1.54, 1.807) is 6.07 Å². The van der Waals surface area contributed by atoms with Crippen LogP contribution >= 0.6 is 27.5 Å². The molecule has 1 N–H and O–H groups in total. The summed E-state index contributed by atoms with van der Waals surface area (Å²) in [6.45, 7) is 1.99. The molecule has 0 radical (unpaired) electrons. The van der Waals surface area contributed by atoms with Crippen LogP contribution in [0.15, 0.2) is 28.8 Å². The Morgan fingerprint density at radius 2 is 1.85 bits per heavy atom. The smallest absolute Gasteiger partial charge is 0.233 e. The van der Waals surface area contributed by atoms with E-state index in [9.17, 15) is 14.4 Å². The van der Waals surface area contributed by atoms with Crippen LogP contribution in [0.1, 0.15) is 18.4 Å². The van der Waals surface area contributed by atoms with Crippen LogP contribution in [0.5, 0.6) is 0 Å². The molecule has 0 aromatic heterocycles. The molecular weight excluding hydrogens is 420 g/mol. The van der Waals surface area contributed by atoms with E-state index in [-0.39, 0.29) is 54.4 Å². The third-order valence-electron chi connectivity index (χ3n) is 5.67. The van der Waals surface area contributed by atoms with Crippen LogP contribution in [0.4, 0.5) is 5.69 Å². The number of benzene rings is 1. The lowest BCUT2D eigenvalue weighted by atomic mass is 9.85. The molecule has 1 aromatic carbocycles. The summed E-state index contributed by atoms with van der Waals surface area (Å²) in [5, 5.41) is 3.31. The van der Waals surface area contributed by atoms with E-state index in [0.717, 1.165) is 16.5 Å². The predicted molar refractivity (Wildman–Crippen MR) is 102 cm³/mol. The lowest BCUT2D eigenvalue weighted by molar-refractivity contribution is -0.140. The van der Waals surface area contributed by atoms with Gasteiger partial charge >= 0.3 is 0 Å². The average Bonchev–Trinajstić information content (AvgIpc) is 3.26. The fourth-order valence-electron chi connectivity index (χ4n) is 4.39. The summed E-state index contributed by atoms with van der Waals surface area (Å²) in [7, 11) is 0. The number of carbonyl (C=O) groups excluding carboxylic acids is 3. The average molecular weight is 438 g/mol. The second-order valence-corrected chi connectivity index (χ2v) is 8.47. The first-order valence-electron chi connectivity index (χ1n) is 8.66. The zero-order valence-corrected chi connectivity index (χ0v) is 16.5. The predicted octanol–water partition coefficient (Wildman–Crippen LogP) is 3.55. The maximum atomic E-state index is 12.6. The number of halogens is 2. The van der Waals surface area contributed by atoms with Crippen molar-refractivity contribution in [2.75, 3.05) is 11.9 Å². The summed E-state index contributed by atoms with van der Waals surface area (Å²) in [4.78, 5) is 38.8. The first-order valence-corrected chi connectivity index (χ1v) is 9.83. The number of imide groups is 1. The number of allylic oxidation sites excluding steroid dienone is 2. The molecule has 1 saturated carbocycles. The van der Waals surface area contributed by atoms with Crippen LogP contribution in [-0.4, -0.2) is 29.2 Å². The van der Waals surface area contributed by atoms with Gasteiger partial charge < -0.3 is 5.32 Å². The van der Waals surface area contributed by atoms with Crippen molar-refractivity contribution >= 4 is 50.9 Å². The van der Waals surface area contributed by atoms with Gasteiger partial charge in [-0.25, -0.2) is 0 Å². The SMILES string of the molecule is Cc1cc(Br)c(Cl)cc1NC(=O)CCN1C(=O)[C@H]2[C@H](C1=O)[C@H]1C=C[C@H]2C1. The molecule has 1 aliphatic heterocycles. The number of anilines is 1. The van der Waals surface area contributed by atoms with E-state index in [0.29, 0.717) is 10.7 Å². The molecule has 3 aliphatic rings. The van der Waals surface area contributed by atoms with Gasteiger partial charge in [0, 0.05) is 23.1 Å². The molecule has 3 amide bonds. The number of amides is 3. The maximum Gasteiger partial charge on any atom is 0.233 e. The normalized spacial score (nSPS) is 28.8. The lowest BCUT2D eigenvalue weighted by Crippen LogP contribution is -2.35. The van der Waals surface area contributed by atoms with Crippen molar-refractivity contribution in [1.29, 1.82) is 0 Å². The molecule has 136 valence electrons.